The lowest BCUT2D eigenvalue weighted by molar-refractivity contribution is -0.384. The van der Waals surface area contributed by atoms with E-state index in [1.807, 2.05) is 12.1 Å². The molecule has 6 nitrogen and oxygen atoms in total. The molecule has 0 aliphatic carbocycles. The fraction of sp³-hybridized carbons (Fsp3) is 0.462. The molecule has 1 aliphatic heterocycles. The summed E-state index contributed by atoms with van der Waals surface area (Å²) in [5.74, 6) is 0.309. The smallest absolute Gasteiger partial charge is 0.282 e. The first kappa shape index (κ1) is 13.3. The highest BCUT2D eigenvalue weighted by molar-refractivity contribution is 5.73. The molecule has 0 fully saturated rings. The monoisotopic (exact) mass is 263 g/mol. The number of nitro groups is 1. The van der Waals surface area contributed by atoms with Crippen LogP contribution in [0.3, 0.4) is 0 Å². The van der Waals surface area contributed by atoms with Gasteiger partial charge in [-0.25, -0.2) is 4.99 Å². The van der Waals surface area contributed by atoms with E-state index in [4.69, 9.17) is 10.5 Å². The summed E-state index contributed by atoms with van der Waals surface area (Å²) < 4.78 is 5.14. The molecule has 0 aromatic heterocycles. The van der Waals surface area contributed by atoms with Crippen molar-refractivity contribution in [2.75, 3.05) is 6.61 Å². The predicted molar refractivity (Wildman–Crippen MR) is 72.1 cm³/mol. The second-order valence-corrected chi connectivity index (χ2v) is 4.62. The van der Waals surface area contributed by atoms with Crippen molar-refractivity contribution < 1.29 is 9.66 Å². The number of nitrogens with two attached hydrogens (primary N) is 1. The number of hydrogen-bond acceptors (Lipinski definition) is 5. The second-order valence-electron chi connectivity index (χ2n) is 4.62. The molecule has 2 N–H and O–H groups in total. The second kappa shape index (κ2) is 5.69. The van der Waals surface area contributed by atoms with Gasteiger partial charge in [0.1, 0.15) is 6.61 Å². The van der Waals surface area contributed by atoms with Gasteiger partial charge in [-0.15, -0.1) is 0 Å². The summed E-state index contributed by atoms with van der Waals surface area (Å²) in [6, 6.07) is 7.05. The van der Waals surface area contributed by atoms with Gasteiger partial charge in [0, 0.05) is 12.1 Å². The Hall–Kier alpha value is -2.11. The van der Waals surface area contributed by atoms with E-state index in [1.54, 1.807) is 12.1 Å². The van der Waals surface area contributed by atoms with E-state index in [0.29, 0.717) is 12.5 Å². The third-order valence-corrected chi connectivity index (χ3v) is 3.36. The SMILES string of the molecule is CC[C@H](C[C@H]1COC(N)=N1)c1ccc([N+](=O)[O-])cc1. The van der Waals surface area contributed by atoms with Crippen molar-refractivity contribution in [2.45, 2.75) is 31.7 Å². The van der Waals surface area contributed by atoms with Gasteiger partial charge < -0.3 is 10.5 Å². The highest BCUT2D eigenvalue weighted by atomic mass is 16.6. The van der Waals surface area contributed by atoms with Gasteiger partial charge in [0.15, 0.2) is 0 Å². The topological polar surface area (TPSA) is 90.8 Å². The molecular formula is C13H17N3O3. The average Bonchev–Trinajstić information content (AvgIpc) is 2.81. The van der Waals surface area contributed by atoms with Gasteiger partial charge in [-0.3, -0.25) is 10.1 Å². The van der Waals surface area contributed by atoms with Crippen LogP contribution in [0.1, 0.15) is 31.2 Å². The molecule has 0 bridgehead atoms. The molecule has 2 rings (SSSR count). The van der Waals surface area contributed by atoms with E-state index in [9.17, 15) is 10.1 Å². The van der Waals surface area contributed by atoms with Gasteiger partial charge in [-0.05, 0) is 24.3 Å². The van der Waals surface area contributed by atoms with Crippen LogP contribution in [0.15, 0.2) is 29.3 Å². The number of hydrogen-bond donors (Lipinski definition) is 1. The standard InChI is InChI=1S/C13H17N3O3/c1-2-9(7-11-8-19-13(14)15-11)10-3-5-12(6-4-10)16(17)18/h3-6,9,11H,2,7-8H2,1H3,(H2,14,15)/t9-,11+/m1/s1. The van der Waals surface area contributed by atoms with Crippen LogP contribution in [-0.4, -0.2) is 23.6 Å². The Labute approximate surface area is 111 Å². The summed E-state index contributed by atoms with van der Waals surface area (Å²) in [7, 11) is 0. The van der Waals surface area contributed by atoms with Crippen molar-refractivity contribution in [3.8, 4) is 0 Å². The third-order valence-electron chi connectivity index (χ3n) is 3.36. The molecule has 0 saturated carbocycles. The van der Waals surface area contributed by atoms with Gasteiger partial charge in [0.25, 0.3) is 11.7 Å². The molecule has 0 saturated heterocycles. The molecule has 1 heterocycles. The minimum absolute atomic E-state index is 0.0835. The summed E-state index contributed by atoms with van der Waals surface area (Å²) in [5, 5.41) is 10.6. The zero-order valence-electron chi connectivity index (χ0n) is 10.8. The number of aliphatic imine (C=N–C) groups is 1. The highest BCUT2D eigenvalue weighted by Gasteiger charge is 2.22. The molecule has 1 aliphatic rings. The molecule has 102 valence electrons. The number of amidine groups is 1. The number of ether oxygens (including phenoxy) is 1. The molecule has 1 aromatic carbocycles. The van der Waals surface area contributed by atoms with Crippen LogP contribution in [0.2, 0.25) is 0 Å². The Balaban J connectivity index is 2.06. The van der Waals surface area contributed by atoms with E-state index < -0.39 is 0 Å². The lowest BCUT2D eigenvalue weighted by Crippen LogP contribution is -2.12. The third kappa shape index (κ3) is 3.21. The molecule has 0 amide bonds. The van der Waals surface area contributed by atoms with Gasteiger partial charge in [-0.1, -0.05) is 19.1 Å². The van der Waals surface area contributed by atoms with E-state index in [-0.39, 0.29) is 22.7 Å². The van der Waals surface area contributed by atoms with Crippen molar-refractivity contribution in [3.05, 3.63) is 39.9 Å². The summed E-state index contributed by atoms with van der Waals surface area (Å²) in [4.78, 5) is 14.4. The Morgan fingerprint density at radius 3 is 2.68 bits per heavy atom. The zero-order chi connectivity index (χ0) is 13.8. The molecule has 0 unspecified atom stereocenters. The van der Waals surface area contributed by atoms with Crippen LogP contribution >= 0.6 is 0 Å². The van der Waals surface area contributed by atoms with Gasteiger partial charge in [0.2, 0.25) is 0 Å². The Morgan fingerprint density at radius 1 is 1.53 bits per heavy atom. The molecule has 2 atom stereocenters. The number of non-ortho nitro benzene ring substituents is 1. The van der Waals surface area contributed by atoms with Crippen LogP contribution in [0.4, 0.5) is 5.69 Å². The zero-order valence-corrected chi connectivity index (χ0v) is 10.8. The van der Waals surface area contributed by atoms with Crippen molar-refractivity contribution in [1.29, 1.82) is 0 Å². The Kier molecular flexibility index (Phi) is 3.99. The fourth-order valence-electron chi connectivity index (χ4n) is 2.29. The minimum Gasteiger partial charge on any atom is -0.463 e. The van der Waals surface area contributed by atoms with Crippen molar-refractivity contribution >= 4 is 11.7 Å². The van der Waals surface area contributed by atoms with Gasteiger partial charge in [0.05, 0.1) is 11.0 Å². The summed E-state index contributed by atoms with van der Waals surface area (Å²) in [6.07, 6.45) is 1.79. The average molecular weight is 263 g/mol. The quantitative estimate of drug-likeness (QED) is 0.651. The normalized spacial score (nSPS) is 19.6. The lowest BCUT2D eigenvalue weighted by atomic mass is 9.90. The number of nitro benzene ring substituents is 1. The fourth-order valence-corrected chi connectivity index (χ4v) is 2.29. The van der Waals surface area contributed by atoms with E-state index in [2.05, 4.69) is 11.9 Å². The molecule has 0 spiro atoms. The summed E-state index contributed by atoms with van der Waals surface area (Å²) >= 11 is 0. The van der Waals surface area contributed by atoms with Crippen molar-refractivity contribution in [2.24, 2.45) is 10.7 Å². The van der Waals surface area contributed by atoms with E-state index >= 15 is 0 Å². The molecule has 19 heavy (non-hydrogen) atoms. The first-order chi connectivity index (χ1) is 9.10. The summed E-state index contributed by atoms with van der Waals surface area (Å²) in [6.45, 7) is 2.62. The van der Waals surface area contributed by atoms with Crippen LogP contribution < -0.4 is 5.73 Å². The number of rotatable bonds is 5. The lowest BCUT2D eigenvalue weighted by Gasteiger charge is -2.17. The van der Waals surface area contributed by atoms with Gasteiger partial charge >= 0.3 is 0 Å². The minimum atomic E-state index is -0.388. The maximum absolute atomic E-state index is 10.6. The highest BCUT2D eigenvalue weighted by Crippen LogP contribution is 2.28. The van der Waals surface area contributed by atoms with E-state index in [0.717, 1.165) is 18.4 Å². The maximum Gasteiger partial charge on any atom is 0.282 e. The van der Waals surface area contributed by atoms with Crippen LogP contribution in [0.25, 0.3) is 0 Å². The first-order valence-electron chi connectivity index (χ1n) is 6.30. The molecular weight excluding hydrogens is 246 g/mol. The Morgan fingerprint density at radius 2 is 2.21 bits per heavy atom. The predicted octanol–water partition coefficient (Wildman–Crippen LogP) is 2.19. The van der Waals surface area contributed by atoms with Crippen LogP contribution in [0, 0.1) is 10.1 Å². The first-order valence-corrected chi connectivity index (χ1v) is 6.30. The van der Waals surface area contributed by atoms with Crippen molar-refractivity contribution in [1.82, 2.24) is 0 Å². The van der Waals surface area contributed by atoms with Crippen LogP contribution in [-0.2, 0) is 4.74 Å². The Bertz CT molecular complexity index is 484. The van der Waals surface area contributed by atoms with Crippen LogP contribution in [0.5, 0.6) is 0 Å². The maximum atomic E-state index is 10.6. The molecule has 1 aromatic rings. The van der Waals surface area contributed by atoms with Gasteiger partial charge in [-0.2, -0.15) is 0 Å². The summed E-state index contributed by atoms with van der Waals surface area (Å²) in [5.41, 5.74) is 6.69. The number of nitrogens with zero attached hydrogens (tertiary/aromatic N) is 2. The largest absolute Gasteiger partial charge is 0.463 e. The van der Waals surface area contributed by atoms with E-state index in [1.165, 1.54) is 0 Å². The number of benzene rings is 1. The molecule has 6 heteroatoms. The van der Waals surface area contributed by atoms with Crippen molar-refractivity contribution in [3.63, 3.8) is 0 Å². The molecule has 0 radical (unpaired) electrons.